The second kappa shape index (κ2) is 2.50. The highest BCUT2D eigenvalue weighted by Gasteiger charge is 2.44. The zero-order valence-corrected chi connectivity index (χ0v) is 7.86. The molecule has 0 saturated carbocycles. The highest BCUT2D eigenvalue weighted by Crippen LogP contribution is 2.42. The Labute approximate surface area is 82.6 Å². The fraction of sp³-hybridized carbons (Fsp3) is 0.364. The van der Waals surface area contributed by atoms with Gasteiger partial charge in [-0.2, -0.15) is 0 Å². The molecule has 0 bridgehead atoms. The highest BCUT2D eigenvalue weighted by atomic mass is 16.5. The van der Waals surface area contributed by atoms with Gasteiger partial charge in [0.15, 0.2) is 5.60 Å². The maximum atomic E-state index is 5.66. The first kappa shape index (κ1) is 7.85. The summed E-state index contributed by atoms with van der Waals surface area (Å²) in [4.78, 5) is 4.14. The Morgan fingerprint density at radius 2 is 2.21 bits per heavy atom. The van der Waals surface area contributed by atoms with Gasteiger partial charge in [0.25, 0.3) is 6.02 Å². The predicted octanol–water partition coefficient (Wildman–Crippen LogP) is 1.17. The molecule has 3 heteroatoms. The lowest BCUT2D eigenvalue weighted by Gasteiger charge is -2.23. The van der Waals surface area contributed by atoms with Crippen molar-refractivity contribution in [3.05, 3.63) is 35.4 Å². The molecule has 0 aromatic heterocycles. The lowest BCUT2D eigenvalue weighted by Crippen LogP contribution is -2.29. The van der Waals surface area contributed by atoms with Crippen molar-refractivity contribution in [2.24, 2.45) is 10.7 Å². The van der Waals surface area contributed by atoms with Gasteiger partial charge in [0.05, 0.1) is 6.54 Å². The third-order valence-corrected chi connectivity index (χ3v) is 3.10. The fourth-order valence-electron chi connectivity index (χ4n) is 2.39. The number of amidine groups is 1. The number of rotatable bonds is 0. The average Bonchev–Trinajstić information content (AvgIpc) is 2.75. The minimum atomic E-state index is -0.235. The smallest absolute Gasteiger partial charge is 0.283 e. The third kappa shape index (κ3) is 0.895. The quantitative estimate of drug-likeness (QED) is 0.664. The molecular formula is C11H12N2O. The van der Waals surface area contributed by atoms with Gasteiger partial charge in [-0.15, -0.1) is 0 Å². The Hall–Kier alpha value is -1.51. The average molecular weight is 188 g/mol. The minimum absolute atomic E-state index is 0.235. The second-order valence-corrected chi connectivity index (χ2v) is 3.91. The van der Waals surface area contributed by atoms with E-state index in [2.05, 4.69) is 23.2 Å². The van der Waals surface area contributed by atoms with Gasteiger partial charge in [-0.05, 0) is 18.4 Å². The molecule has 72 valence electrons. The fourth-order valence-corrected chi connectivity index (χ4v) is 2.39. The monoisotopic (exact) mass is 188 g/mol. The van der Waals surface area contributed by atoms with E-state index in [1.807, 2.05) is 6.07 Å². The summed E-state index contributed by atoms with van der Waals surface area (Å²) in [5.74, 6) is 0. The van der Waals surface area contributed by atoms with Gasteiger partial charge in [-0.25, -0.2) is 4.99 Å². The SMILES string of the molecule is NC1=NCC2(CCc3ccccc32)O1. The number of nitrogens with two attached hydrogens (primary N) is 1. The van der Waals surface area contributed by atoms with Gasteiger partial charge in [-0.3, -0.25) is 0 Å². The summed E-state index contributed by atoms with van der Waals surface area (Å²) in [5.41, 5.74) is 7.98. The summed E-state index contributed by atoms with van der Waals surface area (Å²) in [6.07, 6.45) is 2.06. The molecule has 1 aromatic carbocycles. The number of fused-ring (bicyclic) bond motifs is 2. The molecule has 2 aliphatic rings. The molecule has 0 radical (unpaired) electrons. The molecule has 1 spiro atoms. The summed E-state index contributed by atoms with van der Waals surface area (Å²) in [6, 6.07) is 8.72. The van der Waals surface area contributed by atoms with E-state index in [0.29, 0.717) is 12.6 Å². The molecule has 2 N–H and O–H groups in total. The van der Waals surface area contributed by atoms with E-state index >= 15 is 0 Å². The zero-order chi connectivity index (χ0) is 9.60. The molecule has 1 atom stereocenters. The first-order valence-corrected chi connectivity index (χ1v) is 4.87. The molecule has 1 heterocycles. The van der Waals surface area contributed by atoms with E-state index in [-0.39, 0.29) is 5.60 Å². The number of nitrogens with zero attached hydrogens (tertiary/aromatic N) is 1. The lowest BCUT2D eigenvalue weighted by molar-refractivity contribution is 0.0858. The lowest BCUT2D eigenvalue weighted by atomic mass is 9.96. The van der Waals surface area contributed by atoms with Crippen LogP contribution in [0, 0.1) is 0 Å². The molecular weight excluding hydrogens is 176 g/mol. The summed E-state index contributed by atoms with van der Waals surface area (Å²) in [5, 5.41) is 0. The standard InChI is InChI=1S/C11H12N2O/c12-10-13-7-11(14-10)6-5-8-3-1-2-4-9(8)11/h1-4H,5-7H2,(H2,12,13). The molecule has 1 aromatic rings. The van der Waals surface area contributed by atoms with Crippen molar-refractivity contribution in [1.29, 1.82) is 0 Å². The zero-order valence-electron chi connectivity index (χ0n) is 7.86. The van der Waals surface area contributed by atoms with Crippen LogP contribution in [0.2, 0.25) is 0 Å². The van der Waals surface area contributed by atoms with Gasteiger partial charge < -0.3 is 10.5 Å². The number of aryl methyl sites for hydroxylation is 1. The Bertz CT molecular complexity index is 414. The Balaban J connectivity index is 2.06. The van der Waals surface area contributed by atoms with E-state index in [1.165, 1.54) is 11.1 Å². The summed E-state index contributed by atoms with van der Waals surface area (Å²) in [6.45, 7) is 0.676. The molecule has 0 fully saturated rings. The van der Waals surface area contributed by atoms with Crippen molar-refractivity contribution in [2.45, 2.75) is 18.4 Å². The summed E-state index contributed by atoms with van der Waals surface area (Å²) in [7, 11) is 0. The van der Waals surface area contributed by atoms with Crippen LogP contribution in [-0.2, 0) is 16.8 Å². The van der Waals surface area contributed by atoms with Crippen LogP contribution in [0.25, 0.3) is 0 Å². The van der Waals surface area contributed by atoms with Crippen molar-refractivity contribution in [3.63, 3.8) is 0 Å². The Kier molecular flexibility index (Phi) is 1.40. The maximum Gasteiger partial charge on any atom is 0.283 e. The van der Waals surface area contributed by atoms with E-state index in [4.69, 9.17) is 10.5 Å². The van der Waals surface area contributed by atoms with Crippen molar-refractivity contribution < 1.29 is 4.74 Å². The normalized spacial score (nSPS) is 28.7. The first-order valence-electron chi connectivity index (χ1n) is 4.87. The van der Waals surface area contributed by atoms with Crippen molar-refractivity contribution in [3.8, 4) is 0 Å². The van der Waals surface area contributed by atoms with Gasteiger partial charge in [0.1, 0.15) is 0 Å². The molecule has 14 heavy (non-hydrogen) atoms. The summed E-state index contributed by atoms with van der Waals surface area (Å²) >= 11 is 0. The predicted molar refractivity (Wildman–Crippen MR) is 54.0 cm³/mol. The van der Waals surface area contributed by atoms with Gasteiger partial charge in [0, 0.05) is 5.56 Å². The van der Waals surface area contributed by atoms with Crippen LogP contribution >= 0.6 is 0 Å². The first-order chi connectivity index (χ1) is 6.80. The molecule has 1 unspecified atom stereocenters. The van der Waals surface area contributed by atoms with Crippen molar-refractivity contribution in [1.82, 2.24) is 0 Å². The topological polar surface area (TPSA) is 47.6 Å². The van der Waals surface area contributed by atoms with Crippen LogP contribution in [0.15, 0.2) is 29.3 Å². The van der Waals surface area contributed by atoms with E-state index in [9.17, 15) is 0 Å². The Morgan fingerprint density at radius 3 is 3.00 bits per heavy atom. The van der Waals surface area contributed by atoms with Crippen LogP contribution < -0.4 is 5.73 Å². The molecule has 3 nitrogen and oxygen atoms in total. The van der Waals surface area contributed by atoms with Crippen LogP contribution in [0.5, 0.6) is 0 Å². The number of hydrogen-bond donors (Lipinski definition) is 1. The van der Waals surface area contributed by atoms with E-state index in [1.54, 1.807) is 0 Å². The van der Waals surface area contributed by atoms with Gasteiger partial charge in [0.2, 0.25) is 0 Å². The summed E-state index contributed by atoms with van der Waals surface area (Å²) < 4.78 is 5.66. The Morgan fingerprint density at radius 1 is 1.36 bits per heavy atom. The largest absolute Gasteiger partial charge is 0.452 e. The van der Waals surface area contributed by atoms with Crippen LogP contribution in [-0.4, -0.2) is 12.6 Å². The number of benzene rings is 1. The van der Waals surface area contributed by atoms with Crippen molar-refractivity contribution >= 4 is 6.02 Å². The van der Waals surface area contributed by atoms with Crippen LogP contribution in [0.4, 0.5) is 0 Å². The number of ether oxygens (including phenoxy) is 1. The highest BCUT2D eigenvalue weighted by molar-refractivity contribution is 5.74. The molecule has 0 amide bonds. The number of aliphatic imine (C=N–C) groups is 1. The minimum Gasteiger partial charge on any atom is -0.452 e. The molecule has 1 aliphatic carbocycles. The maximum absolute atomic E-state index is 5.66. The van der Waals surface area contributed by atoms with Crippen molar-refractivity contribution in [2.75, 3.05) is 6.54 Å². The molecule has 1 aliphatic heterocycles. The van der Waals surface area contributed by atoms with Crippen LogP contribution in [0.3, 0.4) is 0 Å². The van der Waals surface area contributed by atoms with Gasteiger partial charge >= 0.3 is 0 Å². The van der Waals surface area contributed by atoms with E-state index < -0.39 is 0 Å². The second-order valence-electron chi connectivity index (χ2n) is 3.91. The van der Waals surface area contributed by atoms with E-state index in [0.717, 1.165) is 12.8 Å². The third-order valence-electron chi connectivity index (χ3n) is 3.10. The van der Waals surface area contributed by atoms with Gasteiger partial charge in [-0.1, -0.05) is 24.3 Å². The molecule has 0 saturated heterocycles. The number of hydrogen-bond acceptors (Lipinski definition) is 3. The molecule has 3 rings (SSSR count). The van der Waals surface area contributed by atoms with Crippen LogP contribution in [0.1, 0.15) is 17.5 Å².